The lowest BCUT2D eigenvalue weighted by atomic mass is 9.89. The predicted molar refractivity (Wildman–Crippen MR) is 157 cm³/mol. The van der Waals surface area contributed by atoms with E-state index >= 15 is 13.2 Å². The average Bonchev–Trinajstić information content (AvgIpc) is 2.94. The molecular formula is C32H34ClF6N3O2. The van der Waals surface area contributed by atoms with Gasteiger partial charge >= 0.3 is 12.4 Å². The average molecular weight is 642 g/mol. The van der Waals surface area contributed by atoms with E-state index in [0.29, 0.717) is 10.5 Å². The van der Waals surface area contributed by atoms with E-state index in [4.69, 9.17) is 0 Å². The summed E-state index contributed by atoms with van der Waals surface area (Å²) in [4.78, 5) is 29.1. The van der Waals surface area contributed by atoms with E-state index in [1.807, 2.05) is 6.92 Å². The monoisotopic (exact) mass is 641 g/mol. The number of rotatable bonds is 7. The number of carbonyl (C=O) groups excluding carboxylic acids is 2. The first kappa shape index (κ1) is 34.9. The minimum atomic E-state index is -5.28. The van der Waals surface area contributed by atoms with Crippen LogP contribution in [0, 0.1) is 13.8 Å². The van der Waals surface area contributed by atoms with Gasteiger partial charge in [0.2, 0.25) is 5.91 Å². The maximum atomic E-state index is 15.0. The molecule has 3 unspecified atom stereocenters. The molecule has 0 saturated carbocycles. The van der Waals surface area contributed by atoms with Crippen LogP contribution in [-0.2, 0) is 17.8 Å². The van der Waals surface area contributed by atoms with Crippen molar-refractivity contribution in [2.45, 2.75) is 57.3 Å². The molecule has 0 bridgehead atoms. The van der Waals surface area contributed by atoms with Gasteiger partial charge in [-0.05, 0) is 61.7 Å². The number of amides is 2. The Morgan fingerprint density at radius 3 is 1.95 bits per heavy atom. The fraction of sp³-hybridized carbons (Fsp3) is 0.375. The number of hydrogen-bond acceptors (Lipinski definition) is 3. The van der Waals surface area contributed by atoms with E-state index in [0.717, 1.165) is 16.7 Å². The maximum absolute atomic E-state index is 15.0. The van der Waals surface area contributed by atoms with Gasteiger partial charge in [0.25, 0.3) is 5.91 Å². The van der Waals surface area contributed by atoms with Gasteiger partial charge in [-0.1, -0.05) is 66.7 Å². The second kappa shape index (κ2) is 14.0. The second-order valence-electron chi connectivity index (χ2n) is 11.0. The molecule has 0 N–H and O–H groups in total. The van der Waals surface area contributed by atoms with Gasteiger partial charge in [-0.25, -0.2) is 0 Å². The Labute approximate surface area is 258 Å². The van der Waals surface area contributed by atoms with Crippen LogP contribution in [0.15, 0.2) is 78.9 Å². The van der Waals surface area contributed by atoms with Crippen LogP contribution in [0.4, 0.5) is 26.3 Å². The van der Waals surface area contributed by atoms with Crippen molar-refractivity contribution in [3.63, 3.8) is 0 Å². The van der Waals surface area contributed by atoms with Crippen molar-refractivity contribution >= 4 is 24.2 Å². The number of carbonyl (C=O) groups is 2. The summed E-state index contributed by atoms with van der Waals surface area (Å²) in [7, 11) is 1.46. The van der Waals surface area contributed by atoms with E-state index in [2.05, 4.69) is 0 Å². The molecule has 3 atom stereocenters. The highest BCUT2D eigenvalue weighted by molar-refractivity contribution is 5.95. The number of nitrogens with zero attached hydrogens (tertiary/aromatic N) is 3. The fourth-order valence-corrected chi connectivity index (χ4v) is 5.56. The zero-order valence-corrected chi connectivity index (χ0v) is 25.2. The molecule has 12 heteroatoms. The van der Waals surface area contributed by atoms with E-state index in [-0.39, 0.29) is 29.4 Å². The van der Waals surface area contributed by atoms with Crippen molar-refractivity contribution in [3.05, 3.63) is 107 Å². The molecule has 0 spiro atoms. The molecule has 1 fully saturated rings. The third kappa shape index (κ3) is 8.12. The molecular weight excluding hydrogens is 608 g/mol. The van der Waals surface area contributed by atoms with Crippen LogP contribution < -0.4 is 0 Å². The Balaban J connectivity index is 0.00000529. The van der Waals surface area contributed by atoms with Gasteiger partial charge in [-0.15, -0.1) is 12.4 Å². The molecule has 0 radical (unpaired) electrons. The second-order valence-corrected chi connectivity index (χ2v) is 11.0. The summed E-state index contributed by atoms with van der Waals surface area (Å²) in [5.41, 5.74) is 2.77. The summed E-state index contributed by atoms with van der Waals surface area (Å²) in [6.07, 6.45) is -10.9. The zero-order valence-electron chi connectivity index (χ0n) is 24.4. The van der Waals surface area contributed by atoms with Gasteiger partial charge in [-0.3, -0.25) is 14.5 Å². The largest absolute Gasteiger partial charge is 0.410 e. The summed E-state index contributed by atoms with van der Waals surface area (Å²) in [5.74, 6) is -2.29. The van der Waals surface area contributed by atoms with E-state index < -0.39 is 61.8 Å². The van der Waals surface area contributed by atoms with Crippen LogP contribution in [0.25, 0.3) is 0 Å². The molecule has 238 valence electrons. The Morgan fingerprint density at radius 1 is 0.818 bits per heavy atom. The third-order valence-corrected chi connectivity index (χ3v) is 7.77. The van der Waals surface area contributed by atoms with Crippen LogP contribution in [0.1, 0.15) is 32.6 Å². The lowest BCUT2D eigenvalue weighted by molar-refractivity contribution is -0.257. The first-order chi connectivity index (χ1) is 20.2. The topological polar surface area (TPSA) is 43.9 Å². The van der Waals surface area contributed by atoms with Crippen molar-refractivity contribution in [2.75, 3.05) is 20.1 Å². The summed E-state index contributed by atoms with van der Waals surface area (Å²) < 4.78 is 88.8. The number of benzene rings is 3. The molecule has 44 heavy (non-hydrogen) atoms. The molecule has 3 aromatic carbocycles. The van der Waals surface area contributed by atoms with E-state index in [9.17, 15) is 22.8 Å². The van der Waals surface area contributed by atoms with Crippen molar-refractivity contribution in [3.8, 4) is 0 Å². The number of halogens is 7. The lowest BCUT2D eigenvalue weighted by Crippen LogP contribution is -2.74. The third-order valence-electron chi connectivity index (χ3n) is 7.77. The molecule has 0 aromatic heterocycles. The van der Waals surface area contributed by atoms with Crippen LogP contribution in [0.2, 0.25) is 0 Å². The van der Waals surface area contributed by atoms with Crippen LogP contribution >= 0.6 is 12.4 Å². The number of likely N-dealkylation sites (N-methyl/N-ethyl adjacent to an activating group) is 1. The number of piperazine rings is 1. The van der Waals surface area contributed by atoms with Gasteiger partial charge in [0, 0.05) is 12.1 Å². The Hall–Kier alpha value is -3.57. The van der Waals surface area contributed by atoms with Crippen molar-refractivity contribution in [1.29, 1.82) is 0 Å². The number of alkyl halides is 6. The van der Waals surface area contributed by atoms with Gasteiger partial charge in [0.05, 0.1) is 19.1 Å². The summed E-state index contributed by atoms with van der Waals surface area (Å²) in [5, 5.41) is 0. The maximum Gasteiger partial charge on any atom is 0.410 e. The Bertz CT molecular complexity index is 1420. The first-order valence-corrected chi connectivity index (χ1v) is 13.8. The Kier molecular flexibility index (Phi) is 11.1. The fourth-order valence-electron chi connectivity index (χ4n) is 5.56. The molecule has 0 aliphatic carbocycles. The highest BCUT2D eigenvalue weighted by Gasteiger charge is 2.62. The highest BCUT2D eigenvalue weighted by atomic mass is 35.5. The van der Waals surface area contributed by atoms with Gasteiger partial charge in [0.1, 0.15) is 12.1 Å². The lowest BCUT2D eigenvalue weighted by Gasteiger charge is -2.52. The summed E-state index contributed by atoms with van der Waals surface area (Å²) in [6.45, 7) is 1.92. The van der Waals surface area contributed by atoms with Crippen LogP contribution in [-0.4, -0.2) is 77.1 Å². The summed E-state index contributed by atoms with van der Waals surface area (Å²) in [6, 6.07) is 13.4. The van der Waals surface area contributed by atoms with Gasteiger partial charge in [0.15, 0.2) is 0 Å². The van der Waals surface area contributed by atoms with E-state index in [1.165, 1.54) is 36.2 Å². The minimum absolute atomic E-state index is 0. The van der Waals surface area contributed by atoms with Crippen LogP contribution in [0.5, 0.6) is 0 Å². The normalized spacial score (nSPS) is 19.1. The molecule has 1 aliphatic rings. The summed E-state index contributed by atoms with van der Waals surface area (Å²) >= 11 is 0. The quantitative estimate of drug-likeness (QED) is 0.273. The number of hydrogen-bond donors (Lipinski definition) is 0. The number of aryl methyl sites for hydroxylation is 2. The smallest absolute Gasteiger partial charge is 0.330 e. The standard InChI is InChI=1S/C32H33F6N3O2.ClH/c1-21-14-15-24(16-22(21)2)17-26-29(32(36,37)38)41(28(42)20-39(3)18-23-10-6-4-7-11-23)27(31(33,34)35)19-40(26)30(43)25-12-8-5-9-13-25;/h4-16,26-27,29H,17-20H2,1-3H3;1H. The molecule has 1 aliphatic heterocycles. The molecule has 3 aromatic rings. The minimum Gasteiger partial charge on any atom is -0.330 e. The van der Waals surface area contributed by atoms with Gasteiger partial charge in [-0.2, -0.15) is 26.3 Å². The molecule has 2 amide bonds. The first-order valence-electron chi connectivity index (χ1n) is 13.8. The highest BCUT2D eigenvalue weighted by Crippen LogP contribution is 2.41. The molecule has 5 nitrogen and oxygen atoms in total. The molecule has 1 saturated heterocycles. The predicted octanol–water partition coefficient (Wildman–Crippen LogP) is 6.61. The Morgan fingerprint density at radius 2 is 1.41 bits per heavy atom. The van der Waals surface area contributed by atoms with Gasteiger partial charge < -0.3 is 9.80 Å². The van der Waals surface area contributed by atoms with Crippen molar-refractivity contribution in [2.24, 2.45) is 0 Å². The zero-order chi connectivity index (χ0) is 31.5. The van der Waals surface area contributed by atoms with Crippen molar-refractivity contribution in [1.82, 2.24) is 14.7 Å². The molecule has 4 rings (SSSR count). The molecule has 1 heterocycles. The van der Waals surface area contributed by atoms with Crippen molar-refractivity contribution < 1.29 is 35.9 Å². The van der Waals surface area contributed by atoms with Crippen LogP contribution in [0.3, 0.4) is 0 Å². The SMILES string of the molecule is Cc1ccc(CC2C(C(F)(F)F)N(C(=O)CN(C)Cc3ccccc3)C(C(F)(F)F)CN2C(=O)c2ccccc2)cc1C.Cl. The van der Waals surface area contributed by atoms with E-state index in [1.54, 1.807) is 61.5 Å².